The summed E-state index contributed by atoms with van der Waals surface area (Å²) in [6.07, 6.45) is 5.23. The van der Waals surface area contributed by atoms with Crippen molar-refractivity contribution in [2.24, 2.45) is 0 Å². The average Bonchev–Trinajstić information content (AvgIpc) is 3.72. The molecule has 0 unspecified atom stereocenters. The lowest BCUT2D eigenvalue weighted by molar-refractivity contribution is -0.132. The van der Waals surface area contributed by atoms with Crippen molar-refractivity contribution in [3.63, 3.8) is 0 Å². The van der Waals surface area contributed by atoms with Crippen LogP contribution in [0.25, 0.3) is 22.2 Å². The van der Waals surface area contributed by atoms with Gasteiger partial charge in [0.05, 0.1) is 26.2 Å². The first-order valence-corrected chi connectivity index (χ1v) is 15.9. The monoisotopic (exact) mass is 611 g/mol. The van der Waals surface area contributed by atoms with Crippen molar-refractivity contribution in [3.8, 4) is 11.4 Å². The number of amides is 2. The van der Waals surface area contributed by atoms with Crippen molar-refractivity contribution in [2.75, 3.05) is 50.8 Å². The van der Waals surface area contributed by atoms with E-state index in [1.54, 1.807) is 18.3 Å². The van der Waals surface area contributed by atoms with Crippen LogP contribution >= 0.6 is 0 Å². The molecule has 2 aliphatic rings. The van der Waals surface area contributed by atoms with Gasteiger partial charge in [-0.05, 0) is 48.2 Å². The van der Waals surface area contributed by atoms with Crippen molar-refractivity contribution in [3.05, 3.63) is 72.2 Å². The quantitative estimate of drug-likeness (QED) is 0.261. The fourth-order valence-corrected chi connectivity index (χ4v) is 6.47. The zero-order valence-corrected chi connectivity index (χ0v) is 25.8. The second-order valence-corrected chi connectivity index (χ2v) is 11.8. The largest absolute Gasteiger partial charge is 0.465 e. The van der Waals surface area contributed by atoms with Crippen LogP contribution in [0.15, 0.2) is 60.8 Å². The maximum absolute atomic E-state index is 13.8. The van der Waals surface area contributed by atoms with Gasteiger partial charge in [0.25, 0.3) is 0 Å². The lowest BCUT2D eigenvalue weighted by Crippen LogP contribution is -2.43. The third kappa shape index (κ3) is 7.32. The molecule has 1 N–H and O–H groups in total. The molecule has 0 bridgehead atoms. The molecule has 1 aliphatic carbocycles. The number of benzene rings is 2. The van der Waals surface area contributed by atoms with E-state index in [-0.39, 0.29) is 11.9 Å². The van der Waals surface area contributed by atoms with Gasteiger partial charge >= 0.3 is 6.09 Å². The van der Waals surface area contributed by atoms with Crippen LogP contribution in [0.5, 0.6) is 0 Å². The zero-order chi connectivity index (χ0) is 31.2. The molecule has 0 radical (unpaired) electrons. The molecule has 236 valence electrons. The molecule has 11 heteroatoms. The standard InChI is InChI=1S/C34H41N7O4/c1-25-36-33(28-13-14-35-31(23-28)40(34(43)44)16-15-38-19-21-45-22-20-38)37-41(25)18-17-39(29-10-3-4-11-29)32(42)24-27-9-6-8-26-7-2-5-12-30(26)27/h2,5-9,12-14,23,29H,3-4,10-11,15-22,24H2,1H3,(H,43,44). The Hall–Kier alpha value is -4.35. The van der Waals surface area contributed by atoms with Crippen molar-refractivity contribution in [1.82, 2.24) is 29.5 Å². The number of ether oxygens (including phenoxy) is 1. The molecule has 45 heavy (non-hydrogen) atoms. The second kappa shape index (κ2) is 14.2. The van der Waals surface area contributed by atoms with Crippen LogP contribution in [0.2, 0.25) is 0 Å². The number of anilines is 1. The third-order valence-corrected chi connectivity index (χ3v) is 8.97. The molecule has 0 atom stereocenters. The number of nitrogens with zero attached hydrogens (tertiary/aromatic N) is 7. The topological polar surface area (TPSA) is 117 Å². The lowest BCUT2D eigenvalue weighted by Gasteiger charge is -2.29. The van der Waals surface area contributed by atoms with E-state index in [4.69, 9.17) is 14.8 Å². The van der Waals surface area contributed by atoms with Gasteiger partial charge in [0.15, 0.2) is 5.82 Å². The van der Waals surface area contributed by atoms with Gasteiger partial charge in [0.1, 0.15) is 11.6 Å². The Balaban J connectivity index is 1.15. The lowest BCUT2D eigenvalue weighted by atomic mass is 10.0. The average molecular weight is 612 g/mol. The Morgan fingerprint density at radius 1 is 1.00 bits per heavy atom. The summed E-state index contributed by atoms with van der Waals surface area (Å²) in [5, 5.41) is 17.0. The number of carbonyl (C=O) groups excluding carboxylic acids is 1. The predicted molar refractivity (Wildman–Crippen MR) is 172 cm³/mol. The summed E-state index contributed by atoms with van der Waals surface area (Å²) in [6.45, 7) is 6.77. The highest BCUT2D eigenvalue weighted by molar-refractivity contribution is 5.90. The third-order valence-electron chi connectivity index (χ3n) is 8.97. The minimum absolute atomic E-state index is 0.140. The molecule has 11 nitrogen and oxygen atoms in total. The Morgan fingerprint density at radius 2 is 1.78 bits per heavy atom. The Labute approximate surface area is 263 Å². The number of fused-ring (bicyclic) bond motifs is 1. The number of pyridine rings is 1. The number of hydrogen-bond donors (Lipinski definition) is 1. The molecule has 2 amide bonds. The van der Waals surface area contributed by atoms with Crippen LogP contribution in [-0.4, -0.2) is 98.6 Å². The highest BCUT2D eigenvalue weighted by Crippen LogP contribution is 2.26. The van der Waals surface area contributed by atoms with Gasteiger partial charge < -0.3 is 14.7 Å². The number of rotatable bonds is 11. The minimum atomic E-state index is -1.05. The second-order valence-electron chi connectivity index (χ2n) is 11.8. The predicted octanol–water partition coefficient (Wildman–Crippen LogP) is 4.63. The summed E-state index contributed by atoms with van der Waals surface area (Å²) in [5.74, 6) is 1.72. The summed E-state index contributed by atoms with van der Waals surface area (Å²) in [6, 6.07) is 18.1. The fourth-order valence-electron chi connectivity index (χ4n) is 6.47. The summed E-state index contributed by atoms with van der Waals surface area (Å²) < 4.78 is 7.24. The smallest absolute Gasteiger partial charge is 0.413 e. The van der Waals surface area contributed by atoms with Gasteiger partial charge in [-0.2, -0.15) is 5.10 Å². The zero-order valence-electron chi connectivity index (χ0n) is 25.8. The molecule has 2 fully saturated rings. The van der Waals surface area contributed by atoms with Gasteiger partial charge in [0, 0.05) is 50.5 Å². The van der Waals surface area contributed by atoms with Gasteiger partial charge in [-0.3, -0.25) is 14.6 Å². The normalized spacial score (nSPS) is 15.8. The Kier molecular flexibility index (Phi) is 9.66. The highest BCUT2D eigenvalue weighted by Gasteiger charge is 2.27. The van der Waals surface area contributed by atoms with E-state index < -0.39 is 6.09 Å². The molecule has 3 heterocycles. The number of carboxylic acid groups (broad SMARTS) is 1. The molecular formula is C34H41N7O4. The fraction of sp³-hybridized carbons (Fsp3) is 0.441. The summed E-state index contributed by atoms with van der Waals surface area (Å²) in [5.41, 5.74) is 1.74. The molecule has 6 rings (SSSR count). The first-order valence-electron chi connectivity index (χ1n) is 15.9. The molecule has 2 aromatic carbocycles. The van der Waals surface area contributed by atoms with Crippen LogP contribution in [-0.2, 0) is 22.5 Å². The summed E-state index contributed by atoms with van der Waals surface area (Å²) in [4.78, 5) is 40.5. The van der Waals surface area contributed by atoms with Gasteiger partial charge in [-0.1, -0.05) is 55.3 Å². The van der Waals surface area contributed by atoms with Gasteiger partial charge in [0.2, 0.25) is 5.91 Å². The van der Waals surface area contributed by atoms with Crippen LogP contribution in [0.1, 0.15) is 37.1 Å². The number of aromatic nitrogens is 4. The maximum Gasteiger partial charge on any atom is 0.413 e. The SMILES string of the molecule is Cc1nc(-c2ccnc(N(CCN3CCOCC3)C(=O)O)c2)nn1CCN(C(=O)Cc1cccc2ccccc12)C1CCCC1. The molecule has 1 saturated carbocycles. The van der Waals surface area contributed by atoms with Gasteiger partial charge in [-0.15, -0.1) is 0 Å². The van der Waals surface area contributed by atoms with E-state index in [1.807, 2.05) is 29.8 Å². The van der Waals surface area contributed by atoms with E-state index in [0.717, 1.165) is 60.9 Å². The molecule has 1 aliphatic heterocycles. The van der Waals surface area contributed by atoms with Crippen molar-refractivity contribution in [2.45, 2.75) is 51.6 Å². The number of hydrogen-bond acceptors (Lipinski definition) is 7. The van der Waals surface area contributed by atoms with E-state index in [2.05, 4.69) is 39.0 Å². The first kappa shape index (κ1) is 30.7. The molecule has 1 saturated heterocycles. The van der Waals surface area contributed by atoms with Gasteiger partial charge in [-0.25, -0.2) is 19.4 Å². The van der Waals surface area contributed by atoms with Crippen LogP contribution in [0, 0.1) is 6.92 Å². The molecule has 0 spiro atoms. The van der Waals surface area contributed by atoms with E-state index >= 15 is 0 Å². The van der Waals surface area contributed by atoms with Crippen molar-refractivity contribution >= 4 is 28.6 Å². The van der Waals surface area contributed by atoms with Crippen LogP contribution in [0.3, 0.4) is 0 Å². The summed E-state index contributed by atoms with van der Waals surface area (Å²) in [7, 11) is 0. The van der Waals surface area contributed by atoms with E-state index in [1.165, 1.54) is 4.90 Å². The Bertz CT molecular complexity index is 1620. The van der Waals surface area contributed by atoms with Crippen molar-refractivity contribution in [1.29, 1.82) is 0 Å². The number of carbonyl (C=O) groups is 2. The van der Waals surface area contributed by atoms with E-state index in [0.29, 0.717) is 63.0 Å². The number of morpholine rings is 1. The van der Waals surface area contributed by atoms with Crippen LogP contribution in [0.4, 0.5) is 10.6 Å². The van der Waals surface area contributed by atoms with Crippen molar-refractivity contribution < 1.29 is 19.4 Å². The van der Waals surface area contributed by atoms with E-state index in [9.17, 15) is 14.7 Å². The minimum Gasteiger partial charge on any atom is -0.465 e. The molecular weight excluding hydrogens is 570 g/mol. The first-order chi connectivity index (χ1) is 22.0. The molecule has 4 aromatic rings. The highest BCUT2D eigenvalue weighted by atomic mass is 16.5. The Morgan fingerprint density at radius 3 is 2.58 bits per heavy atom. The van der Waals surface area contributed by atoms with Crippen LogP contribution < -0.4 is 4.90 Å². The number of aryl methyl sites for hydroxylation is 1. The summed E-state index contributed by atoms with van der Waals surface area (Å²) >= 11 is 0. The molecule has 2 aromatic heterocycles. The maximum atomic E-state index is 13.8.